The Morgan fingerprint density at radius 1 is 1.07 bits per heavy atom. The van der Waals surface area contributed by atoms with E-state index in [1.165, 1.54) is 21.1 Å². The van der Waals surface area contributed by atoms with Crippen molar-refractivity contribution < 1.29 is 49.3 Å². The van der Waals surface area contributed by atoms with Gasteiger partial charge in [-0.05, 0) is 6.42 Å². The lowest BCUT2D eigenvalue weighted by molar-refractivity contribution is -0.240. The lowest BCUT2D eigenvalue weighted by atomic mass is 9.93. The summed E-state index contributed by atoms with van der Waals surface area (Å²) < 4.78 is 21.4. The first-order valence-electron chi connectivity index (χ1n) is 9.27. The van der Waals surface area contributed by atoms with Crippen LogP contribution in [0, 0.1) is 0 Å². The fourth-order valence-electron chi connectivity index (χ4n) is 3.58. The van der Waals surface area contributed by atoms with Crippen LogP contribution in [0.5, 0.6) is 0 Å². The second-order valence-corrected chi connectivity index (χ2v) is 8.71. The largest absolute Gasteiger partial charge is 0.394 e. The molecule has 0 aromatic rings. The first-order chi connectivity index (χ1) is 13.7. The Hall–Kier alpha value is -0.540. The van der Waals surface area contributed by atoms with Gasteiger partial charge in [-0.25, -0.2) is 0 Å². The third-order valence-electron chi connectivity index (χ3n) is 5.22. The Morgan fingerprint density at radius 3 is 2.24 bits per heavy atom. The van der Waals surface area contributed by atoms with Crippen LogP contribution in [0.3, 0.4) is 0 Å². The van der Waals surface area contributed by atoms with Gasteiger partial charge in [0, 0.05) is 27.7 Å². The van der Waals surface area contributed by atoms with E-state index in [1.807, 2.05) is 0 Å². The second kappa shape index (κ2) is 10.7. The molecule has 0 unspecified atom stereocenters. The van der Waals surface area contributed by atoms with Gasteiger partial charge < -0.3 is 49.8 Å². The zero-order valence-electron chi connectivity index (χ0n) is 16.6. The fraction of sp³-hybridized carbons (Fsp3) is 0.941. The molecule has 2 heterocycles. The van der Waals surface area contributed by atoms with Gasteiger partial charge in [0.05, 0.1) is 24.1 Å². The number of thioether (sulfide) groups is 1. The maximum atomic E-state index is 11.6. The number of nitrogens with one attached hydrogen (secondary N) is 1. The standard InChI is InChI=1S/C17H31NO10S/c1-8(21)18-7-17(4-9(25-2)10(5-19)28-16(17)26-3)29-15-14(24)13(23)12(22)11(6-20)27-15/h9-16,19-20,22-24H,4-7H2,1-3H3,(H,18,21)/t9-,10+,11+,12+,13-,14+,15-,16+,17-/m0/s1. The number of aliphatic hydroxyl groups excluding tert-OH is 5. The van der Waals surface area contributed by atoms with Crippen molar-refractivity contribution in [3.8, 4) is 0 Å². The molecule has 0 aromatic carbocycles. The molecule has 2 rings (SSSR count). The van der Waals surface area contributed by atoms with E-state index in [0.29, 0.717) is 0 Å². The first kappa shape index (κ1) is 24.7. The summed E-state index contributed by atoms with van der Waals surface area (Å²) in [6, 6.07) is 0. The number of amides is 1. The molecule has 1 amide bonds. The van der Waals surface area contributed by atoms with Crippen molar-refractivity contribution in [1.29, 1.82) is 0 Å². The molecule has 12 heteroatoms. The topological polar surface area (TPSA) is 167 Å². The predicted molar refractivity (Wildman–Crippen MR) is 101 cm³/mol. The van der Waals surface area contributed by atoms with Crippen molar-refractivity contribution in [2.24, 2.45) is 0 Å². The summed E-state index contributed by atoms with van der Waals surface area (Å²) in [5.74, 6) is -0.299. The number of ether oxygens (including phenoxy) is 4. The number of hydrogen-bond acceptors (Lipinski definition) is 11. The molecule has 29 heavy (non-hydrogen) atoms. The van der Waals surface area contributed by atoms with Crippen LogP contribution in [-0.4, -0.2) is 119 Å². The molecule has 9 atom stereocenters. The van der Waals surface area contributed by atoms with Crippen LogP contribution in [0.15, 0.2) is 0 Å². The van der Waals surface area contributed by atoms with Gasteiger partial charge in [0.1, 0.15) is 36.0 Å². The van der Waals surface area contributed by atoms with Crippen LogP contribution >= 0.6 is 11.8 Å². The van der Waals surface area contributed by atoms with Crippen LogP contribution in [-0.2, 0) is 23.7 Å². The van der Waals surface area contributed by atoms with Gasteiger partial charge in [-0.15, -0.1) is 11.8 Å². The molecule has 6 N–H and O–H groups in total. The number of hydrogen-bond donors (Lipinski definition) is 6. The number of carbonyl (C=O) groups is 1. The summed E-state index contributed by atoms with van der Waals surface area (Å²) in [5, 5.41) is 52.3. The molecule has 2 aliphatic heterocycles. The fourth-order valence-corrected chi connectivity index (χ4v) is 5.22. The van der Waals surface area contributed by atoms with Gasteiger partial charge in [-0.3, -0.25) is 4.79 Å². The van der Waals surface area contributed by atoms with E-state index in [1.54, 1.807) is 0 Å². The Balaban J connectivity index is 2.33. The minimum Gasteiger partial charge on any atom is -0.394 e. The minimum absolute atomic E-state index is 0.0541. The van der Waals surface area contributed by atoms with E-state index in [0.717, 1.165) is 11.8 Å². The Kier molecular flexibility index (Phi) is 9.09. The molecule has 0 saturated carbocycles. The van der Waals surface area contributed by atoms with Crippen LogP contribution in [0.1, 0.15) is 13.3 Å². The summed E-state index contributed by atoms with van der Waals surface area (Å²) in [5.41, 5.74) is -1.07. The molecule has 0 aliphatic carbocycles. The summed E-state index contributed by atoms with van der Waals surface area (Å²) in [6.07, 6.45) is -7.43. The SMILES string of the molecule is CO[C@@H]1O[C@H](CO)[C@@H](OC)C[C@@]1(CNC(C)=O)S[C@@H]1O[C@H](CO)[C@@H](O)[C@H](O)[C@H]1O. The lowest BCUT2D eigenvalue weighted by Gasteiger charge is -2.50. The third kappa shape index (κ3) is 5.39. The average molecular weight is 441 g/mol. The van der Waals surface area contributed by atoms with E-state index in [4.69, 9.17) is 18.9 Å². The molecule has 2 aliphatic rings. The van der Waals surface area contributed by atoms with Crippen LogP contribution in [0.2, 0.25) is 0 Å². The van der Waals surface area contributed by atoms with Crippen molar-refractivity contribution >= 4 is 17.7 Å². The smallest absolute Gasteiger partial charge is 0.216 e. The van der Waals surface area contributed by atoms with Crippen LogP contribution < -0.4 is 5.32 Å². The van der Waals surface area contributed by atoms with E-state index in [9.17, 15) is 30.3 Å². The van der Waals surface area contributed by atoms with E-state index < -0.39 is 59.7 Å². The van der Waals surface area contributed by atoms with E-state index >= 15 is 0 Å². The van der Waals surface area contributed by atoms with Crippen LogP contribution in [0.4, 0.5) is 0 Å². The normalized spacial score (nSPS) is 43.2. The summed E-state index contributed by atoms with van der Waals surface area (Å²) >= 11 is 1.05. The molecule has 0 aromatic heterocycles. The third-order valence-corrected chi connectivity index (χ3v) is 6.82. The Labute approximate surface area is 173 Å². The molecule has 0 radical (unpaired) electrons. The second-order valence-electron chi connectivity index (χ2n) is 7.19. The van der Waals surface area contributed by atoms with Gasteiger partial charge in [-0.1, -0.05) is 0 Å². The highest BCUT2D eigenvalue weighted by atomic mass is 32.2. The highest BCUT2D eigenvalue weighted by molar-refractivity contribution is 8.01. The molecular weight excluding hydrogens is 410 g/mol. The monoisotopic (exact) mass is 441 g/mol. The molecule has 170 valence electrons. The maximum absolute atomic E-state index is 11.6. The quantitative estimate of drug-likeness (QED) is 0.230. The van der Waals surface area contributed by atoms with Gasteiger partial charge >= 0.3 is 0 Å². The van der Waals surface area contributed by atoms with Crippen molar-refractivity contribution in [1.82, 2.24) is 5.32 Å². The zero-order valence-corrected chi connectivity index (χ0v) is 17.4. The number of carbonyl (C=O) groups excluding carboxylic acids is 1. The minimum atomic E-state index is -1.54. The van der Waals surface area contributed by atoms with Crippen LogP contribution in [0.25, 0.3) is 0 Å². The highest BCUT2D eigenvalue weighted by Crippen LogP contribution is 2.46. The molecule has 0 spiro atoms. The average Bonchev–Trinajstić information content (AvgIpc) is 2.72. The van der Waals surface area contributed by atoms with Gasteiger partial charge in [0.15, 0.2) is 6.29 Å². The Morgan fingerprint density at radius 2 is 1.72 bits per heavy atom. The van der Waals surface area contributed by atoms with Gasteiger partial charge in [0.2, 0.25) is 5.91 Å². The lowest BCUT2D eigenvalue weighted by Crippen LogP contribution is -2.63. The Bertz CT molecular complexity index is 540. The first-order valence-corrected chi connectivity index (χ1v) is 10.2. The maximum Gasteiger partial charge on any atom is 0.216 e. The zero-order chi connectivity index (χ0) is 21.8. The number of aliphatic hydroxyl groups is 5. The van der Waals surface area contributed by atoms with Crippen molar-refractivity contribution in [3.05, 3.63) is 0 Å². The summed E-state index contributed by atoms with van der Waals surface area (Å²) in [4.78, 5) is 11.6. The van der Waals surface area contributed by atoms with E-state index in [2.05, 4.69) is 5.32 Å². The van der Waals surface area contributed by atoms with E-state index in [-0.39, 0.29) is 25.5 Å². The predicted octanol–water partition coefficient (Wildman–Crippen LogP) is -2.84. The molecule has 2 saturated heterocycles. The number of rotatable bonds is 8. The summed E-state index contributed by atoms with van der Waals surface area (Å²) in [7, 11) is 2.87. The molecule has 11 nitrogen and oxygen atoms in total. The van der Waals surface area contributed by atoms with Gasteiger partial charge in [0.25, 0.3) is 0 Å². The van der Waals surface area contributed by atoms with Crippen molar-refractivity contribution in [3.63, 3.8) is 0 Å². The molecule has 2 fully saturated rings. The number of methoxy groups -OCH3 is 2. The molecular formula is C17H31NO10S. The van der Waals surface area contributed by atoms with Crippen molar-refractivity contribution in [2.75, 3.05) is 34.0 Å². The highest BCUT2D eigenvalue weighted by Gasteiger charge is 2.54. The van der Waals surface area contributed by atoms with Crippen molar-refractivity contribution in [2.45, 2.75) is 66.4 Å². The van der Waals surface area contributed by atoms with Gasteiger partial charge in [-0.2, -0.15) is 0 Å². The molecule has 0 bridgehead atoms. The summed E-state index contributed by atoms with van der Waals surface area (Å²) in [6.45, 7) is 0.540.